The molecule has 0 saturated carbocycles. The Bertz CT molecular complexity index is 1420. The Hall–Kier alpha value is -3.47. The lowest BCUT2D eigenvalue weighted by molar-refractivity contribution is -0.137. The first-order valence-corrected chi connectivity index (χ1v) is 11.1. The number of benzene rings is 1. The number of imidazole rings is 1. The summed E-state index contributed by atoms with van der Waals surface area (Å²) in [6.45, 7) is 2.39. The predicted octanol–water partition coefficient (Wildman–Crippen LogP) is 5.46. The molecule has 0 bridgehead atoms. The molecule has 34 heavy (non-hydrogen) atoms. The standard InChI is InChI=1S/C23H18BrF3N6O/c1-13-11-32(12-28-13)19-8-7-18(29-22(19)34-2)20-30-21-16(4-3-9-33(21)31-20)15-6-5-14(24)10-17(15)23(25,26)27/h4-8,10-12H,3,9H2,1-2H3. The van der Waals surface area contributed by atoms with Gasteiger partial charge in [0.15, 0.2) is 11.6 Å². The number of rotatable bonds is 4. The number of fused-ring (bicyclic) bond motifs is 1. The molecule has 4 aromatic rings. The Morgan fingerprint density at radius 3 is 2.65 bits per heavy atom. The fraction of sp³-hybridized carbons (Fsp3) is 0.217. The quantitative estimate of drug-likeness (QED) is 0.350. The van der Waals surface area contributed by atoms with Crippen LogP contribution in [0.3, 0.4) is 0 Å². The monoisotopic (exact) mass is 530 g/mol. The fourth-order valence-electron chi connectivity index (χ4n) is 3.90. The summed E-state index contributed by atoms with van der Waals surface area (Å²) in [7, 11) is 1.51. The molecule has 0 saturated heterocycles. The summed E-state index contributed by atoms with van der Waals surface area (Å²) in [4.78, 5) is 13.3. The van der Waals surface area contributed by atoms with Crippen LogP contribution in [0.2, 0.25) is 0 Å². The SMILES string of the molecule is COc1nc(-c2nc3n(n2)CCC=C3c2ccc(Br)cc2C(F)(F)F)ccc1-n1cnc(C)c1. The minimum absolute atomic E-state index is 0.0620. The Balaban J connectivity index is 1.57. The topological polar surface area (TPSA) is 70.7 Å². The lowest BCUT2D eigenvalue weighted by Gasteiger charge is -2.18. The van der Waals surface area contributed by atoms with Crippen molar-refractivity contribution in [2.75, 3.05) is 7.11 Å². The smallest absolute Gasteiger partial charge is 0.417 e. The average Bonchev–Trinajstić information content (AvgIpc) is 3.44. The van der Waals surface area contributed by atoms with Gasteiger partial charge in [-0.3, -0.25) is 0 Å². The van der Waals surface area contributed by atoms with Crippen LogP contribution in [0.15, 0.2) is 53.4 Å². The number of hydrogen-bond acceptors (Lipinski definition) is 5. The number of nitrogens with zero attached hydrogens (tertiary/aromatic N) is 6. The van der Waals surface area contributed by atoms with Crippen molar-refractivity contribution < 1.29 is 17.9 Å². The van der Waals surface area contributed by atoms with Gasteiger partial charge in [0.05, 0.1) is 24.7 Å². The van der Waals surface area contributed by atoms with Crippen LogP contribution in [0, 0.1) is 6.92 Å². The summed E-state index contributed by atoms with van der Waals surface area (Å²) < 4.78 is 50.5. The lowest BCUT2D eigenvalue weighted by Crippen LogP contribution is -2.14. The molecule has 0 radical (unpaired) electrons. The summed E-state index contributed by atoms with van der Waals surface area (Å²) >= 11 is 3.14. The van der Waals surface area contributed by atoms with Gasteiger partial charge in [-0.2, -0.15) is 13.2 Å². The van der Waals surface area contributed by atoms with Crippen molar-refractivity contribution in [2.24, 2.45) is 0 Å². The molecule has 1 aromatic carbocycles. The van der Waals surface area contributed by atoms with Crippen molar-refractivity contribution in [1.82, 2.24) is 29.3 Å². The molecule has 1 aliphatic heterocycles. The summed E-state index contributed by atoms with van der Waals surface area (Å²) in [5.74, 6) is 1.02. The summed E-state index contributed by atoms with van der Waals surface area (Å²) in [5.41, 5.74) is 1.71. The van der Waals surface area contributed by atoms with Gasteiger partial charge in [-0.15, -0.1) is 5.10 Å². The third-order valence-electron chi connectivity index (χ3n) is 5.43. The van der Waals surface area contributed by atoms with Gasteiger partial charge in [-0.25, -0.2) is 19.6 Å². The maximum absolute atomic E-state index is 13.8. The minimum atomic E-state index is -4.51. The zero-order valence-electron chi connectivity index (χ0n) is 18.1. The van der Waals surface area contributed by atoms with Gasteiger partial charge >= 0.3 is 6.18 Å². The number of aryl methyl sites for hydroxylation is 2. The van der Waals surface area contributed by atoms with Crippen molar-refractivity contribution >= 4 is 21.5 Å². The number of halogens is 4. The first kappa shape index (κ1) is 22.3. The Morgan fingerprint density at radius 1 is 1.12 bits per heavy atom. The van der Waals surface area contributed by atoms with E-state index in [0.29, 0.717) is 51.9 Å². The highest BCUT2D eigenvalue weighted by Crippen LogP contribution is 2.39. The van der Waals surface area contributed by atoms with E-state index in [0.717, 1.165) is 11.8 Å². The van der Waals surface area contributed by atoms with E-state index in [1.165, 1.54) is 13.2 Å². The van der Waals surface area contributed by atoms with Crippen LogP contribution in [-0.2, 0) is 12.7 Å². The van der Waals surface area contributed by atoms with Gasteiger partial charge in [0.1, 0.15) is 11.4 Å². The van der Waals surface area contributed by atoms with E-state index < -0.39 is 11.7 Å². The number of methoxy groups -OCH3 is 1. The van der Waals surface area contributed by atoms with Crippen molar-refractivity contribution in [2.45, 2.75) is 26.1 Å². The van der Waals surface area contributed by atoms with E-state index >= 15 is 0 Å². The molecule has 7 nitrogen and oxygen atoms in total. The molecule has 4 heterocycles. The molecule has 5 rings (SSSR count). The van der Waals surface area contributed by atoms with Crippen LogP contribution in [0.25, 0.3) is 22.8 Å². The number of alkyl halides is 3. The molecule has 0 aliphatic carbocycles. The second-order valence-corrected chi connectivity index (χ2v) is 8.64. The molecular weight excluding hydrogens is 513 g/mol. The van der Waals surface area contributed by atoms with Crippen LogP contribution in [0.1, 0.15) is 29.1 Å². The van der Waals surface area contributed by atoms with E-state index in [1.807, 2.05) is 19.2 Å². The number of aromatic nitrogens is 6. The minimum Gasteiger partial charge on any atom is -0.479 e. The molecule has 0 amide bonds. The van der Waals surface area contributed by atoms with E-state index in [1.54, 1.807) is 33.8 Å². The summed E-state index contributed by atoms with van der Waals surface area (Å²) in [5, 5.41) is 4.53. The maximum Gasteiger partial charge on any atom is 0.417 e. The summed E-state index contributed by atoms with van der Waals surface area (Å²) in [6.07, 6.45) is 1.30. The maximum atomic E-state index is 13.8. The van der Waals surface area contributed by atoms with E-state index in [9.17, 15) is 13.2 Å². The molecule has 1 aliphatic rings. The van der Waals surface area contributed by atoms with E-state index in [2.05, 4.69) is 36.0 Å². The van der Waals surface area contributed by atoms with Crippen LogP contribution in [0.4, 0.5) is 13.2 Å². The largest absolute Gasteiger partial charge is 0.479 e. The first-order valence-electron chi connectivity index (χ1n) is 10.3. The second-order valence-electron chi connectivity index (χ2n) is 7.72. The molecule has 0 spiro atoms. The zero-order valence-corrected chi connectivity index (χ0v) is 19.7. The molecule has 0 N–H and O–H groups in total. The third kappa shape index (κ3) is 4.00. The number of ether oxygens (including phenoxy) is 1. The normalized spacial score (nSPS) is 13.5. The highest BCUT2D eigenvalue weighted by atomic mass is 79.9. The first-order chi connectivity index (χ1) is 16.2. The van der Waals surface area contributed by atoms with Gasteiger partial charge in [-0.05, 0) is 43.2 Å². The Kier molecular flexibility index (Phi) is 5.51. The molecular formula is C23H18BrF3N6O. The molecule has 11 heteroatoms. The van der Waals surface area contributed by atoms with Crippen LogP contribution in [-0.4, -0.2) is 36.4 Å². The molecule has 3 aromatic heterocycles. The van der Waals surface area contributed by atoms with Gasteiger partial charge in [0, 0.05) is 22.8 Å². The fourth-order valence-corrected chi connectivity index (χ4v) is 4.26. The number of hydrogen-bond donors (Lipinski definition) is 0. The van der Waals surface area contributed by atoms with Gasteiger partial charge in [-0.1, -0.05) is 28.1 Å². The van der Waals surface area contributed by atoms with Crippen molar-refractivity contribution in [3.05, 3.63) is 76.0 Å². The molecule has 174 valence electrons. The van der Waals surface area contributed by atoms with Gasteiger partial charge in [0.2, 0.25) is 5.88 Å². The van der Waals surface area contributed by atoms with Crippen molar-refractivity contribution in [3.8, 4) is 23.1 Å². The number of pyridine rings is 1. The Morgan fingerprint density at radius 2 is 1.94 bits per heavy atom. The van der Waals surface area contributed by atoms with Crippen LogP contribution >= 0.6 is 15.9 Å². The highest BCUT2D eigenvalue weighted by Gasteiger charge is 2.36. The van der Waals surface area contributed by atoms with Crippen LogP contribution in [0.5, 0.6) is 5.88 Å². The Labute approximate surface area is 201 Å². The van der Waals surface area contributed by atoms with Crippen molar-refractivity contribution in [1.29, 1.82) is 0 Å². The van der Waals surface area contributed by atoms with Gasteiger partial charge in [0.25, 0.3) is 0 Å². The summed E-state index contributed by atoms with van der Waals surface area (Å²) in [6, 6.07) is 7.68. The van der Waals surface area contributed by atoms with Crippen LogP contribution < -0.4 is 4.74 Å². The zero-order chi connectivity index (χ0) is 24.0. The highest BCUT2D eigenvalue weighted by molar-refractivity contribution is 9.10. The number of allylic oxidation sites excluding steroid dienone is 1. The second kappa shape index (κ2) is 8.39. The van der Waals surface area contributed by atoms with Gasteiger partial charge < -0.3 is 9.30 Å². The molecule has 0 unspecified atom stereocenters. The average molecular weight is 531 g/mol. The predicted molar refractivity (Wildman–Crippen MR) is 123 cm³/mol. The molecule has 0 atom stereocenters. The van der Waals surface area contributed by atoms with Crippen molar-refractivity contribution in [3.63, 3.8) is 0 Å². The third-order valence-corrected chi connectivity index (χ3v) is 5.92. The lowest BCUT2D eigenvalue weighted by atomic mass is 9.96. The molecule has 0 fully saturated rings. The van der Waals surface area contributed by atoms with E-state index in [4.69, 9.17) is 4.74 Å². The van der Waals surface area contributed by atoms with E-state index in [-0.39, 0.29) is 5.56 Å².